The van der Waals surface area contributed by atoms with Gasteiger partial charge in [-0.05, 0) is 0 Å². The monoisotopic (exact) mass is 257 g/mol. The lowest BCUT2D eigenvalue weighted by Crippen LogP contribution is -3.14. The summed E-state index contributed by atoms with van der Waals surface area (Å²) >= 11 is 0. The molecule has 0 spiro atoms. The molecule has 1 atom stereocenters. The number of nitrogens with one attached hydrogen (secondary N) is 3. The third-order valence-electron chi connectivity index (χ3n) is 3.69. The second-order valence-electron chi connectivity index (χ2n) is 5.43. The summed E-state index contributed by atoms with van der Waals surface area (Å²) in [6.07, 6.45) is 5.37. The van der Waals surface area contributed by atoms with Gasteiger partial charge >= 0.3 is 0 Å². The van der Waals surface area contributed by atoms with Gasteiger partial charge < -0.3 is 20.6 Å². The van der Waals surface area contributed by atoms with Crippen LogP contribution in [0.2, 0.25) is 0 Å². The van der Waals surface area contributed by atoms with Gasteiger partial charge in [-0.2, -0.15) is 0 Å². The van der Waals surface area contributed by atoms with Crippen molar-refractivity contribution >= 4 is 0 Å². The van der Waals surface area contributed by atoms with E-state index in [9.17, 15) is 5.11 Å². The Morgan fingerprint density at radius 2 is 1.67 bits per heavy atom. The fraction of sp³-hybridized carbons (Fsp3) is 1.00. The molecule has 0 aromatic heterocycles. The maximum Gasteiger partial charge on any atom is 0.0897 e. The number of hydrogen-bond acceptors (Lipinski definition) is 3. The van der Waals surface area contributed by atoms with Gasteiger partial charge in [0.2, 0.25) is 0 Å². The summed E-state index contributed by atoms with van der Waals surface area (Å²) in [4.78, 5) is 1.47. The Hall–Kier alpha value is -0.160. The van der Waals surface area contributed by atoms with Gasteiger partial charge in [0.25, 0.3) is 0 Å². The first-order chi connectivity index (χ1) is 8.83. The van der Waals surface area contributed by atoms with Crippen LogP contribution in [0, 0.1) is 0 Å². The van der Waals surface area contributed by atoms with Crippen LogP contribution < -0.4 is 20.6 Å². The largest absolute Gasteiger partial charge is 0.848 e. The predicted molar refractivity (Wildman–Crippen MR) is 73.9 cm³/mol. The fourth-order valence-corrected chi connectivity index (χ4v) is 2.51. The zero-order valence-electron chi connectivity index (χ0n) is 12.0. The quantitative estimate of drug-likeness (QED) is 0.500. The second kappa shape index (κ2) is 10.7. The standard InChI is InChI=1S/C14H30N3O/c1-2-3-4-5-6-14(18)13-17-11-9-15-7-8-16-10-12-17/h14-16H,2-13H2,1H3/q-1/p+1. The molecule has 0 saturated carbocycles. The van der Waals surface area contributed by atoms with Crippen LogP contribution in [-0.2, 0) is 0 Å². The van der Waals surface area contributed by atoms with Gasteiger partial charge in [0.15, 0.2) is 0 Å². The maximum atomic E-state index is 12.0. The second-order valence-corrected chi connectivity index (χ2v) is 5.43. The molecule has 1 aliphatic rings. The van der Waals surface area contributed by atoms with Crippen LogP contribution in [0.25, 0.3) is 0 Å². The van der Waals surface area contributed by atoms with Gasteiger partial charge in [-0.25, -0.2) is 0 Å². The summed E-state index contributed by atoms with van der Waals surface area (Å²) in [5.41, 5.74) is 0. The molecule has 0 amide bonds. The third-order valence-corrected chi connectivity index (χ3v) is 3.69. The van der Waals surface area contributed by atoms with Crippen molar-refractivity contribution in [2.45, 2.75) is 45.1 Å². The number of unbranched alkanes of at least 4 members (excludes halogenated alkanes) is 3. The molecule has 4 nitrogen and oxygen atoms in total. The highest BCUT2D eigenvalue weighted by molar-refractivity contribution is 4.57. The van der Waals surface area contributed by atoms with Gasteiger partial charge in [-0.1, -0.05) is 45.1 Å². The Kier molecular flexibility index (Phi) is 9.48. The molecule has 18 heavy (non-hydrogen) atoms. The number of rotatable bonds is 7. The average Bonchev–Trinajstić information content (AvgIpc) is 2.49. The van der Waals surface area contributed by atoms with Crippen LogP contribution in [0.1, 0.15) is 39.0 Å². The van der Waals surface area contributed by atoms with E-state index >= 15 is 0 Å². The molecule has 0 aromatic rings. The van der Waals surface area contributed by atoms with Gasteiger partial charge in [-0.15, -0.1) is 0 Å². The van der Waals surface area contributed by atoms with Crippen LogP contribution >= 0.6 is 0 Å². The summed E-state index contributed by atoms with van der Waals surface area (Å²) in [5.74, 6) is 0. The van der Waals surface area contributed by atoms with Crippen molar-refractivity contribution in [1.29, 1.82) is 0 Å². The van der Waals surface area contributed by atoms with Crippen molar-refractivity contribution in [3.63, 3.8) is 0 Å². The lowest BCUT2D eigenvalue weighted by molar-refractivity contribution is -0.907. The average molecular weight is 257 g/mol. The van der Waals surface area contributed by atoms with E-state index in [2.05, 4.69) is 17.6 Å². The van der Waals surface area contributed by atoms with Gasteiger partial charge in [0.1, 0.15) is 0 Å². The van der Waals surface area contributed by atoms with Crippen LogP contribution in [-0.4, -0.2) is 51.9 Å². The Labute approximate surface area is 112 Å². The molecule has 1 saturated heterocycles. The highest BCUT2D eigenvalue weighted by Crippen LogP contribution is 2.03. The Bertz CT molecular complexity index is 180. The van der Waals surface area contributed by atoms with Gasteiger partial charge in [-0.3, -0.25) is 0 Å². The molecule has 0 aliphatic carbocycles. The lowest BCUT2D eigenvalue weighted by atomic mass is 10.1. The Morgan fingerprint density at radius 3 is 2.28 bits per heavy atom. The van der Waals surface area contributed by atoms with Crippen LogP contribution in [0.3, 0.4) is 0 Å². The molecule has 0 bridgehead atoms. The highest BCUT2D eigenvalue weighted by atomic mass is 16.3. The van der Waals surface area contributed by atoms with Crippen molar-refractivity contribution in [1.82, 2.24) is 10.6 Å². The van der Waals surface area contributed by atoms with Crippen LogP contribution in [0.15, 0.2) is 0 Å². The molecule has 1 unspecified atom stereocenters. The molecular weight excluding hydrogens is 226 g/mol. The molecular formula is C14H31N3O. The summed E-state index contributed by atoms with van der Waals surface area (Å²) in [6.45, 7) is 9.37. The van der Waals surface area contributed by atoms with E-state index < -0.39 is 0 Å². The lowest BCUT2D eigenvalue weighted by Gasteiger charge is -2.28. The highest BCUT2D eigenvalue weighted by Gasteiger charge is 2.10. The van der Waals surface area contributed by atoms with Crippen LogP contribution in [0.4, 0.5) is 0 Å². The molecule has 1 aliphatic heterocycles. The molecule has 1 rings (SSSR count). The summed E-state index contributed by atoms with van der Waals surface area (Å²) < 4.78 is 0. The van der Waals surface area contributed by atoms with E-state index in [0.717, 1.165) is 58.7 Å². The van der Waals surface area contributed by atoms with Gasteiger partial charge in [0, 0.05) is 26.2 Å². The van der Waals surface area contributed by atoms with E-state index in [1.165, 1.54) is 24.2 Å². The molecule has 0 aromatic carbocycles. The zero-order chi connectivity index (χ0) is 13.1. The normalized spacial score (nSPS) is 21.0. The minimum Gasteiger partial charge on any atom is -0.848 e. The SMILES string of the molecule is CCCCCCC([O-])C[NH+]1CCNCCNCC1. The van der Waals surface area contributed by atoms with Crippen molar-refractivity contribution in [3.8, 4) is 0 Å². The topological polar surface area (TPSA) is 51.6 Å². The maximum absolute atomic E-state index is 12.0. The Morgan fingerprint density at radius 1 is 1.00 bits per heavy atom. The van der Waals surface area contributed by atoms with E-state index in [4.69, 9.17) is 0 Å². The van der Waals surface area contributed by atoms with E-state index in [1.807, 2.05) is 0 Å². The molecule has 4 heteroatoms. The van der Waals surface area contributed by atoms with Gasteiger partial charge in [0.05, 0.1) is 19.6 Å². The predicted octanol–water partition coefficient (Wildman–Crippen LogP) is -1.24. The molecule has 1 fully saturated rings. The van der Waals surface area contributed by atoms with E-state index in [1.54, 1.807) is 0 Å². The van der Waals surface area contributed by atoms with Crippen molar-refractivity contribution in [3.05, 3.63) is 0 Å². The first kappa shape index (κ1) is 15.9. The third kappa shape index (κ3) is 8.03. The molecule has 1 heterocycles. The summed E-state index contributed by atoms with van der Waals surface area (Å²) in [7, 11) is 0. The first-order valence-corrected chi connectivity index (χ1v) is 7.73. The minimum atomic E-state index is -0.363. The fourth-order valence-electron chi connectivity index (χ4n) is 2.51. The summed E-state index contributed by atoms with van der Waals surface area (Å²) in [5, 5.41) is 18.8. The first-order valence-electron chi connectivity index (χ1n) is 7.73. The van der Waals surface area contributed by atoms with E-state index in [-0.39, 0.29) is 6.10 Å². The number of hydrogen-bond donors (Lipinski definition) is 3. The van der Waals surface area contributed by atoms with Crippen molar-refractivity contribution < 1.29 is 10.0 Å². The number of quaternary nitrogens is 1. The van der Waals surface area contributed by atoms with E-state index in [0.29, 0.717) is 0 Å². The smallest absolute Gasteiger partial charge is 0.0897 e. The molecule has 3 N–H and O–H groups in total. The summed E-state index contributed by atoms with van der Waals surface area (Å²) in [6, 6.07) is 0. The molecule has 0 radical (unpaired) electrons. The zero-order valence-corrected chi connectivity index (χ0v) is 12.0. The van der Waals surface area contributed by atoms with Crippen LogP contribution in [0.5, 0.6) is 0 Å². The minimum absolute atomic E-state index is 0.363. The van der Waals surface area contributed by atoms with Crippen molar-refractivity contribution in [2.24, 2.45) is 0 Å². The Balaban J connectivity index is 2.12. The van der Waals surface area contributed by atoms with Crippen molar-refractivity contribution in [2.75, 3.05) is 45.8 Å². The molecule has 108 valence electrons.